The fourth-order valence-corrected chi connectivity index (χ4v) is 3.32. The summed E-state index contributed by atoms with van der Waals surface area (Å²) in [6.07, 6.45) is 0.988. The van der Waals surface area contributed by atoms with Crippen molar-refractivity contribution < 1.29 is 32.6 Å². The van der Waals surface area contributed by atoms with E-state index in [9.17, 15) is 23.1 Å². The summed E-state index contributed by atoms with van der Waals surface area (Å²) in [5, 5.41) is 11.9. The zero-order chi connectivity index (χ0) is 20.2. The first kappa shape index (κ1) is 20.2. The first-order chi connectivity index (χ1) is 12.7. The van der Waals surface area contributed by atoms with Gasteiger partial charge in [-0.05, 0) is 19.1 Å². The van der Waals surface area contributed by atoms with E-state index in [1.807, 2.05) is 0 Å². The molecule has 0 spiro atoms. The van der Waals surface area contributed by atoms with Gasteiger partial charge in [-0.2, -0.15) is 0 Å². The summed E-state index contributed by atoms with van der Waals surface area (Å²) >= 11 is 0. The number of hydrogen-bond donors (Lipinski definition) is 2. The summed E-state index contributed by atoms with van der Waals surface area (Å²) in [4.78, 5) is 24.0. The van der Waals surface area contributed by atoms with Crippen LogP contribution < -0.4 is 14.8 Å². The molecule has 0 heterocycles. The summed E-state index contributed by atoms with van der Waals surface area (Å²) in [6, 6.07) is 8.22. The molecule has 0 atom stereocenters. The number of carbonyl (C=O) groups excluding carboxylic acids is 1. The molecule has 0 aliphatic carbocycles. The highest BCUT2D eigenvalue weighted by atomic mass is 32.2. The van der Waals surface area contributed by atoms with E-state index in [4.69, 9.17) is 9.47 Å². The number of benzene rings is 2. The van der Waals surface area contributed by atoms with Crippen molar-refractivity contribution in [2.45, 2.75) is 11.8 Å². The second kappa shape index (κ2) is 8.09. The Morgan fingerprint density at radius 2 is 1.78 bits per heavy atom. The topological polar surface area (TPSA) is 119 Å². The number of carboxylic acid groups (broad SMARTS) is 1. The van der Waals surface area contributed by atoms with Gasteiger partial charge < -0.3 is 19.9 Å². The molecule has 0 aromatic heterocycles. The third-order valence-electron chi connectivity index (χ3n) is 3.61. The van der Waals surface area contributed by atoms with Crippen molar-refractivity contribution in [3.05, 3.63) is 47.5 Å². The van der Waals surface area contributed by atoms with Crippen molar-refractivity contribution in [3.8, 4) is 11.5 Å². The molecule has 0 radical (unpaired) electrons. The molecule has 27 heavy (non-hydrogen) atoms. The van der Waals surface area contributed by atoms with Crippen LogP contribution in [0.1, 0.15) is 27.6 Å². The summed E-state index contributed by atoms with van der Waals surface area (Å²) in [6.45, 7) is 2.03. The fourth-order valence-electron chi connectivity index (χ4n) is 2.44. The maximum absolute atomic E-state index is 12.6. The quantitative estimate of drug-likeness (QED) is 0.741. The number of carboxylic acids is 1. The molecular formula is C18H19NO7S. The number of amides is 1. The maximum Gasteiger partial charge on any atom is 0.337 e. The van der Waals surface area contributed by atoms with E-state index >= 15 is 0 Å². The van der Waals surface area contributed by atoms with Crippen LogP contribution in [0.15, 0.2) is 41.3 Å². The van der Waals surface area contributed by atoms with Crippen LogP contribution in [-0.4, -0.2) is 45.4 Å². The smallest absolute Gasteiger partial charge is 0.337 e. The molecule has 2 aromatic rings. The fraction of sp³-hybridized carbons (Fsp3) is 0.222. The Kier molecular flexibility index (Phi) is 6.06. The largest absolute Gasteiger partial charge is 0.493 e. The highest BCUT2D eigenvalue weighted by molar-refractivity contribution is 7.90. The lowest BCUT2D eigenvalue weighted by molar-refractivity contribution is 0.0697. The van der Waals surface area contributed by atoms with Crippen LogP contribution in [0.2, 0.25) is 0 Å². The third-order valence-corrected chi connectivity index (χ3v) is 4.77. The molecule has 1 amide bonds. The molecule has 2 aromatic carbocycles. The molecule has 2 N–H and O–H groups in total. The lowest BCUT2D eigenvalue weighted by Crippen LogP contribution is -2.18. The van der Waals surface area contributed by atoms with Gasteiger partial charge in [0.2, 0.25) is 0 Å². The van der Waals surface area contributed by atoms with Crippen LogP contribution in [0.25, 0.3) is 0 Å². The monoisotopic (exact) mass is 393 g/mol. The number of sulfone groups is 1. The van der Waals surface area contributed by atoms with Gasteiger partial charge in [-0.15, -0.1) is 0 Å². The average Bonchev–Trinajstić information content (AvgIpc) is 2.61. The van der Waals surface area contributed by atoms with E-state index in [1.54, 1.807) is 6.92 Å². The van der Waals surface area contributed by atoms with Crippen molar-refractivity contribution in [1.29, 1.82) is 0 Å². The Bertz CT molecular complexity index is 983. The zero-order valence-electron chi connectivity index (χ0n) is 15.0. The minimum absolute atomic E-state index is 0.0453. The zero-order valence-corrected chi connectivity index (χ0v) is 15.8. The van der Waals surface area contributed by atoms with Crippen LogP contribution in [0.3, 0.4) is 0 Å². The van der Waals surface area contributed by atoms with Gasteiger partial charge in [0.1, 0.15) is 0 Å². The highest BCUT2D eigenvalue weighted by Crippen LogP contribution is 2.34. The molecule has 0 unspecified atom stereocenters. The van der Waals surface area contributed by atoms with Gasteiger partial charge >= 0.3 is 5.97 Å². The Labute approximate surface area is 156 Å². The van der Waals surface area contributed by atoms with E-state index in [2.05, 4.69) is 5.32 Å². The molecule has 9 heteroatoms. The van der Waals surface area contributed by atoms with Gasteiger partial charge in [0.25, 0.3) is 5.91 Å². The number of nitrogens with one attached hydrogen (secondary N) is 1. The summed E-state index contributed by atoms with van der Waals surface area (Å²) in [5.41, 5.74) is -0.357. The first-order valence-electron chi connectivity index (χ1n) is 7.87. The Morgan fingerprint density at radius 1 is 1.11 bits per heavy atom. The molecule has 0 saturated heterocycles. The van der Waals surface area contributed by atoms with E-state index in [0.29, 0.717) is 6.61 Å². The number of ether oxygens (including phenoxy) is 2. The number of anilines is 1. The Morgan fingerprint density at radius 3 is 2.33 bits per heavy atom. The van der Waals surface area contributed by atoms with Gasteiger partial charge in [0.15, 0.2) is 21.3 Å². The van der Waals surface area contributed by atoms with Crippen LogP contribution in [-0.2, 0) is 9.84 Å². The first-order valence-corrected chi connectivity index (χ1v) is 9.76. The lowest BCUT2D eigenvalue weighted by Gasteiger charge is -2.15. The molecule has 0 aliphatic rings. The minimum atomic E-state index is -3.65. The lowest BCUT2D eigenvalue weighted by atomic mass is 10.1. The predicted molar refractivity (Wildman–Crippen MR) is 98.6 cm³/mol. The van der Waals surface area contributed by atoms with Gasteiger partial charge in [0, 0.05) is 18.4 Å². The van der Waals surface area contributed by atoms with Crippen molar-refractivity contribution in [3.63, 3.8) is 0 Å². The van der Waals surface area contributed by atoms with Gasteiger partial charge in [-0.3, -0.25) is 4.79 Å². The molecule has 8 nitrogen and oxygen atoms in total. The van der Waals surface area contributed by atoms with Gasteiger partial charge in [-0.1, -0.05) is 12.1 Å². The number of rotatable bonds is 7. The standard InChI is InChI=1S/C18H19NO7S/c1-4-26-15-9-12(18(21)22)13(10-14(15)25-2)19-17(20)11-7-5-6-8-16(11)27(3,23)24/h5-10H,4H2,1-3H3,(H,19,20)(H,21,22). The summed E-state index contributed by atoms with van der Waals surface area (Å²) < 4.78 is 34.3. The summed E-state index contributed by atoms with van der Waals surface area (Å²) in [5.74, 6) is -1.60. The third kappa shape index (κ3) is 4.56. The minimum Gasteiger partial charge on any atom is -0.493 e. The molecule has 2 rings (SSSR count). The summed E-state index contributed by atoms with van der Waals surface area (Å²) in [7, 11) is -2.27. The second-order valence-corrected chi connectivity index (χ2v) is 7.49. The molecule has 0 aliphatic heterocycles. The molecule has 0 fully saturated rings. The van der Waals surface area contributed by atoms with Crippen molar-refractivity contribution in [2.24, 2.45) is 0 Å². The number of methoxy groups -OCH3 is 1. The Hall–Kier alpha value is -3.07. The van der Waals surface area contributed by atoms with Crippen molar-refractivity contribution in [1.82, 2.24) is 0 Å². The second-order valence-electron chi connectivity index (χ2n) is 5.51. The van der Waals surface area contributed by atoms with Crippen molar-refractivity contribution >= 4 is 27.4 Å². The van der Waals surface area contributed by atoms with E-state index in [1.165, 1.54) is 43.5 Å². The molecule has 144 valence electrons. The molecule has 0 bridgehead atoms. The van der Waals surface area contributed by atoms with Crippen LogP contribution in [0.4, 0.5) is 5.69 Å². The van der Waals surface area contributed by atoms with Gasteiger partial charge in [0.05, 0.1) is 35.4 Å². The Balaban J connectivity index is 2.51. The van der Waals surface area contributed by atoms with E-state index in [0.717, 1.165) is 6.26 Å². The maximum atomic E-state index is 12.6. The SMILES string of the molecule is CCOc1cc(C(=O)O)c(NC(=O)c2ccccc2S(C)(=O)=O)cc1OC. The van der Waals surface area contributed by atoms with Gasteiger partial charge in [-0.25, -0.2) is 13.2 Å². The van der Waals surface area contributed by atoms with Crippen LogP contribution in [0, 0.1) is 0 Å². The molecular weight excluding hydrogens is 374 g/mol. The predicted octanol–water partition coefficient (Wildman–Crippen LogP) is 2.45. The number of aromatic carboxylic acids is 1. The van der Waals surface area contributed by atoms with Crippen LogP contribution >= 0.6 is 0 Å². The van der Waals surface area contributed by atoms with Crippen molar-refractivity contribution in [2.75, 3.05) is 25.3 Å². The number of hydrogen-bond acceptors (Lipinski definition) is 6. The molecule has 0 saturated carbocycles. The van der Waals surface area contributed by atoms with E-state index < -0.39 is 21.7 Å². The number of carbonyl (C=O) groups is 2. The average molecular weight is 393 g/mol. The van der Waals surface area contributed by atoms with Crippen LogP contribution in [0.5, 0.6) is 11.5 Å². The van der Waals surface area contributed by atoms with E-state index in [-0.39, 0.29) is 33.2 Å². The highest BCUT2D eigenvalue weighted by Gasteiger charge is 2.22. The normalized spacial score (nSPS) is 10.9.